The van der Waals surface area contributed by atoms with Crippen LogP contribution < -0.4 is 5.56 Å². The van der Waals surface area contributed by atoms with Gasteiger partial charge in [-0.05, 0) is 35.9 Å². The second-order valence-corrected chi connectivity index (χ2v) is 5.68. The minimum Gasteiger partial charge on any atom is -0.481 e. The third-order valence-electron chi connectivity index (χ3n) is 4.24. The Morgan fingerprint density at radius 2 is 1.62 bits per heavy atom. The Hall–Kier alpha value is -2.88. The fraction of sp³-hybridized carbons (Fsp3) is 0.200. The SMILES string of the molecule is CCn1c(-c2ccccc2)c(CCC(=O)O)c2ccccc2c1=O. The predicted molar refractivity (Wildman–Crippen MR) is 95.3 cm³/mol. The molecule has 0 atom stereocenters. The Bertz CT molecular complexity index is 942. The third kappa shape index (κ3) is 2.83. The van der Waals surface area contributed by atoms with Crippen molar-refractivity contribution in [2.75, 3.05) is 0 Å². The van der Waals surface area contributed by atoms with Crippen molar-refractivity contribution < 1.29 is 9.90 Å². The Labute approximate surface area is 140 Å². The Balaban J connectivity index is 2.39. The number of carboxylic acid groups (broad SMARTS) is 1. The zero-order chi connectivity index (χ0) is 17.1. The molecule has 0 aliphatic carbocycles. The molecular weight excluding hydrogens is 302 g/mol. The number of hydrogen-bond acceptors (Lipinski definition) is 2. The molecule has 0 aliphatic heterocycles. The molecule has 0 bridgehead atoms. The summed E-state index contributed by atoms with van der Waals surface area (Å²) >= 11 is 0. The first-order valence-electron chi connectivity index (χ1n) is 8.05. The van der Waals surface area contributed by atoms with Crippen LogP contribution in [0.3, 0.4) is 0 Å². The molecule has 1 aromatic heterocycles. The highest BCUT2D eigenvalue weighted by Crippen LogP contribution is 2.29. The van der Waals surface area contributed by atoms with Gasteiger partial charge in [0.25, 0.3) is 5.56 Å². The standard InChI is InChI=1S/C20H19NO3/c1-2-21-19(14-8-4-3-5-9-14)16(12-13-18(22)23)15-10-6-7-11-17(15)20(21)24/h3-11H,2,12-13H2,1H3,(H,22,23). The van der Waals surface area contributed by atoms with Gasteiger partial charge in [-0.25, -0.2) is 0 Å². The molecule has 2 aromatic carbocycles. The van der Waals surface area contributed by atoms with Crippen molar-refractivity contribution in [1.29, 1.82) is 0 Å². The number of carboxylic acids is 1. The Morgan fingerprint density at radius 1 is 1.00 bits per heavy atom. The highest BCUT2D eigenvalue weighted by atomic mass is 16.4. The minimum absolute atomic E-state index is 0.0335. The second kappa shape index (κ2) is 6.71. The smallest absolute Gasteiger partial charge is 0.303 e. The molecule has 24 heavy (non-hydrogen) atoms. The molecule has 4 heteroatoms. The molecule has 0 fully saturated rings. The summed E-state index contributed by atoms with van der Waals surface area (Å²) in [6.07, 6.45) is 0.423. The average Bonchev–Trinajstić information content (AvgIpc) is 2.61. The monoisotopic (exact) mass is 321 g/mol. The molecule has 0 saturated heterocycles. The van der Waals surface area contributed by atoms with Crippen molar-refractivity contribution in [1.82, 2.24) is 4.57 Å². The first-order valence-corrected chi connectivity index (χ1v) is 8.05. The lowest BCUT2D eigenvalue weighted by molar-refractivity contribution is -0.136. The summed E-state index contributed by atoms with van der Waals surface area (Å²) in [5, 5.41) is 10.6. The largest absolute Gasteiger partial charge is 0.481 e. The molecular formula is C20H19NO3. The van der Waals surface area contributed by atoms with E-state index in [1.165, 1.54) is 0 Å². The average molecular weight is 321 g/mol. The van der Waals surface area contributed by atoms with E-state index in [4.69, 9.17) is 5.11 Å². The van der Waals surface area contributed by atoms with Crippen LogP contribution in [0.25, 0.3) is 22.0 Å². The van der Waals surface area contributed by atoms with Gasteiger partial charge in [-0.1, -0.05) is 48.5 Å². The van der Waals surface area contributed by atoms with Crippen LogP contribution in [0.5, 0.6) is 0 Å². The van der Waals surface area contributed by atoms with Gasteiger partial charge in [0.2, 0.25) is 0 Å². The van der Waals surface area contributed by atoms with Gasteiger partial charge in [-0.3, -0.25) is 9.59 Å². The number of carbonyl (C=O) groups is 1. The number of nitrogens with zero attached hydrogens (tertiary/aromatic N) is 1. The topological polar surface area (TPSA) is 59.3 Å². The zero-order valence-electron chi connectivity index (χ0n) is 13.5. The van der Waals surface area contributed by atoms with Gasteiger partial charge in [0.1, 0.15) is 0 Å². The van der Waals surface area contributed by atoms with E-state index in [1.54, 1.807) is 4.57 Å². The molecule has 3 aromatic rings. The summed E-state index contributed by atoms with van der Waals surface area (Å²) in [4.78, 5) is 24.0. The summed E-state index contributed by atoms with van der Waals surface area (Å²) in [6, 6.07) is 17.1. The lowest BCUT2D eigenvalue weighted by atomic mass is 9.95. The lowest BCUT2D eigenvalue weighted by Gasteiger charge is -2.19. The van der Waals surface area contributed by atoms with Crippen LogP contribution in [0.2, 0.25) is 0 Å². The molecule has 122 valence electrons. The quantitative estimate of drug-likeness (QED) is 0.779. The number of aryl methyl sites for hydroxylation is 1. The van der Waals surface area contributed by atoms with Crippen LogP contribution in [-0.2, 0) is 17.8 Å². The first-order chi connectivity index (χ1) is 11.6. The molecule has 1 heterocycles. The highest BCUT2D eigenvalue weighted by Gasteiger charge is 2.17. The molecule has 3 rings (SSSR count). The van der Waals surface area contributed by atoms with Crippen LogP contribution in [0.4, 0.5) is 0 Å². The maximum Gasteiger partial charge on any atom is 0.303 e. The molecule has 0 unspecified atom stereocenters. The lowest BCUT2D eigenvalue weighted by Crippen LogP contribution is -2.23. The van der Waals surface area contributed by atoms with Crippen molar-refractivity contribution in [2.24, 2.45) is 0 Å². The number of pyridine rings is 1. The van der Waals surface area contributed by atoms with Gasteiger partial charge in [0.15, 0.2) is 0 Å². The molecule has 1 N–H and O–H groups in total. The van der Waals surface area contributed by atoms with Crippen molar-refractivity contribution in [2.45, 2.75) is 26.3 Å². The molecule has 0 aliphatic rings. The van der Waals surface area contributed by atoms with E-state index in [-0.39, 0.29) is 12.0 Å². The first kappa shape index (κ1) is 16.0. The third-order valence-corrected chi connectivity index (χ3v) is 4.24. The van der Waals surface area contributed by atoms with Gasteiger partial charge >= 0.3 is 5.97 Å². The van der Waals surface area contributed by atoms with Gasteiger partial charge in [0, 0.05) is 18.4 Å². The Morgan fingerprint density at radius 3 is 2.25 bits per heavy atom. The number of aromatic nitrogens is 1. The van der Waals surface area contributed by atoms with E-state index in [0.717, 1.165) is 22.2 Å². The predicted octanol–water partition coefficient (Wildman–Crippen LogP) is 3.71. The van der Waals surface area contributed by atoms with Crippen molar-refractivity contribution in [3.63, 3.8) is 0 Å². The highest BCUT2D eigenvalue weighted by molar-refractivity contribution is 5.90. The maximum atomic E-state index is 12.9. The van der Waals surface area contributed by atoms with Crippen molar-refractivity contribution >= 4 is 16.7 Å². The van der Waals surface area contributed by atoms with Gasteiger partial charge in [0.05, 0.1) is 5.69 Å². The van der Waals surface area contributed by atoms with E-state index in [0.29, 0.717) is 18.4 Å². The number of fused-ring (bicyclic) bond motifs is 1. The van der Waals surface area contributed by atoms with E-state index < -0.39 is 5.97 Å². The van der Waals surface area contributed by atoms with Crippen LogP contribution in [0.15, 0.2) is 59.4 Å². The van der Waals surface area contributed by atoms with Gasteiger partial charge in [-0.2, -0.15) is 0 Å². The molecule has 4 nitrogen and oxygen atoms in total. The van der Waals surface area contributed by atoms with Crippen molar-refractivity contribution in [3.8, 4) is 11.3 Å². The van der Waals surface area contributed by atoms with E-state index in [1.807, 2.05) is 61.5 Å². The number of rotatable bonds is 5. The van der Waals surface area contributed by atoms with Crippen LogP contribution in [0, 0.1) is 0 Å². The second-order valence-electron chi connectivity index (χ2n) is 5.68. The molecule has 0 amide bonds. The fourth-order valence-electron chi connectivity index (χ4n) is 3.18. The van der Waals surface area contributed by atoms with Crippen LogP contribution >= 0.6 is 0 Å². The van der Waals surface area contributed by atoms with Crippen LogP contribution in [-0.4, -0.2) is 15.6 Å². The summed E-state index contributed by atoms with van der Waals surface area (Å²) in [5.41, 5.74) is 2.64. The summed E-state index contributed by atoms with van der Waals surface area (Å²) < 4.78 is 1.74. The number of benzene rings is 2. The molecule has 0 radical (unpaired) electrons. The van der Waals surface area contributed by atoms with Crippen LogP contribution in [0.1, 0.15) is 18.9 Å². The van der Waals surface area contributed by atoms with E-state index in [9.17, 15) is 9.59 Å². The normalized spacial score (nSPS) is 10.9. The van der Waals surface area contributed by atoms with Crippen molar-refractivity contribution in [3.05, 3.63) is 70.5 Å². The summed E-state index contributed by atoms with van der Waals surface area (Å²) in [7, 11) is 0. The summed E-state index contributed by atoms with van der Waals surface area (Å²) in [6.45, 7) is 2.47. The number of aliphatic carboxylic acids is 1. The molecule has 0 saturated carbocycles. The zero-order valence-corrected chi connectivity index (χ0v) is 13.5. The Kier molecular flexibility index (Phi) is 4.47. The maximum absolute atomic E-state index is 12.9. The fourth-order valence-corrected chi connectivity index (χ4v) is 3.18. The van der Waals surface area contributed by atoms with E-state index in [2.05, 4.69) is 0 Å². The van der Waals surface area contributed by atoms with Gasteiger partial charge < -0.3 is 9.67 Å². The minimum atomic E-state index is -0.840. The summed E-state index contributed by atoms with van der Waals surface area (Å²) in [5.74, 6) is -0.840. The number of hydrogen-bond donors (Lipinski definition) is 1. The van der Waals surface area contributed by atoms with E-state index >= 15 is 0 Å². The van der Waals surface area contributed by atoms with Gasteiger partial charge in [-0.15, -0.1) is 0 Å². The molecule has 0 spiro atoms.